The molecule has 2 N–H and O–H groups in total. The maximum atomic E-state index is 12.0. The van der Waals surface area contributed by atoms with E-state index in [0.29, 0.717) is 48.3 Å². The van der Waals surface area contributed by atoms with Crippen LogP contribution >= 0.6 is 0 Å². The van der Waals surface area contributed by atoms with Crippen molar-refractivity contribution in [3.05, 3.63) is 17.7 Å². The van der Waals surface area contributed by atoms with E-state index in [0.717, 1.165) is 0 Å². The number of Topliss-reactive ketones (excluding diaryl/α,β-unsaturated/α-hetero) is 1. The lowest BCUT2D eigenvalue weighted by Crippen LogP contribution is -2.17. The molecule has 2 rings (SSSR count). The number of nitrogen functional groups attached to an aromatic ring is 1. The topological polar surface area (TPSA) is 61.6 Å². The van der Waals surface area contributed by atoms with Gasteiger partial charge in [0.1, 0.15) is 13.2 Å². The Morgan fingerprint density at radius 2 is 1.88 bits per heavy atom. The van der Waals surface area contributed by atoms with E-state index in [9.17, 15) is 4.79 Å². The summed E-state index contributed by atoms with van der Waals surface area (Å²) in [6.45, 7) is 5.04. The van der Waals surface area contributed by atoms with Gasteiger partial charge in [0.2, 0.25) is 0 Å². The summed E-state index contributed by atoms with van der Waals surface area (Å²) in [5.74, 6) is 1.59. The Morgan fingerprint density at radius 1 is 1.29 bits per heavy atom. The van der Waals surface area contributed by atoms with Gasteiger partial charge in [-0.25, -0.2) is 0 Å². The molecule has 4 nitrogen and oxygen atoms in total. The maximum absolute atomic E-state index is 12.0. The van der Waals surface area contributed by atoms with Crippen LogP contribution in [0.4, 0.5) is 5.69 Å². The minimum absolute atomic E-state index is 0.0504. The molecule has 0 spiro atoms. The number of carbonyl (C=O) groups excluding carboxylic acids is 1. The van der Waals surface area contributed by atoms with Crippen LogP contribution in [0.1, 0.15) is 30.6 Å². The van der Waals surface area contributed by atoms with Gasteiger partial charge in [0.05, 0.1) is 0 Å². The third-order valence-electron chi connectivity index (χ3n) is 2.61. The first kappa shape index (κ1) is 11.8. The lowest BCUT2D eigenvalue weighted by Gasteiger charge is -2.20. The number of benzene rings is 1. The van der Waals surface area contributed by atoms with Crippen molar-refractivity contribution >= 4 is 11.5 Å². The van der Waals surface area contributed by atoms with Gasteiger partial charge in [-0.2, -0.15) is 0 Å². The van der Waals surface area contributed by atoms with E-state index in [2.05, 4.69) is 0 Å². The van der Waals surface area contributed by atoms with E-state index in [-0.39, 0.29) is 5.78 Å². The second-order valence-corrected chi connectivity index (χ2v) is 4.60. The molecule has 0 aliphatic carbocycles. The van der Waals surface area contributed by atoms with Crippen molar-refractivity contribution in [2.24, 2.45) is 5.92 Å². The minimum Gasteiger partial charge on any atom is -0.486 e. The second kappa shape index (κ2) is 4.65. The molecule has 1 aromatic rings. The number of rotatable bonds is 3. The molecule has 1 heterocycles. The Morgan fingerprint density at radius 3 is 2.47 bits per heavy atom. The standard InChI is InChI=1S/C13H17NO3/c1-8(2)5-11(15)9-6-12-13(7-10(9)14)17-4-3-16-12/h6-8H,3-5,14H2,1-2H3. The summed E-state index contributed by atoms with van der Waals surface area (Å²) in [5, 5.41) is 0. The van der Waals surface area contributed by atoms with Gasteiger partial charge >= 0.3 is 0 Å². The molecular weight excluding hydrogens is 218 g/mol. The quantitative estimate of drug-likeness (QED) is 0.645. The van der Waals surface area contributed by atoms with E-state index >= 15 is 0 Å². The Kier molecular flexibility index (Phi) is 3.22. The highest BCUT2D eigenvalue weighted by Crippen LogP contribution is 2.35. The number of hydrogen-bond acceptors (Lipinski definition) is 4. The normalized spacial score (nSPS) is 13.8. The van der Waals surface area contributed by atoms with Crippen molar-refractivity contribution in [1.82, 2.24) is 0 Å². The molecule has 1 aliphatic rings. The van der Waals surface area contributed by atoms with Crippen LogP contribution in [0.3, 0.4) is 0 Å². The van der Waals surface area contributed by atoms with Crippen LogP contribution in [-0.2, 0) is 0 Å². The Balaban J connectivity index is 2.31. The molecule has 0 bridgehead atoms. The maximum Gasteiger partial charge on any atom is 0.165 e. The van der Waals surface area contributed by atoms with Gasteiger partial charge in [0.15, 0.2) is 17.3 Å². The number of ether oxygens (including phenoxy) is 2. The Bertz CT molecular complexity index is 441. The van der Waals surface area contributed by atoms with Crippen LogP contribution in [0.2, 0.25) is 0 Å². The highest BCUT2D eigenvalue weighted by Gasteiger charge is 2.18. The second-order valence-electron chi connectivity index (χ2n) is 4.60. The third-order valence-corrected chi connectivity index (χ3v) is 2.61. The molecule has 0 radical (unpaired) electrons. The number of anilines is 1. The first-order valence-electron chi connectivity index (χ1n) is 5.80. The first-order chi connectivity index (χ1) is 8.08. The van der Waals surface area contributed by atoms with Crippen molar-refractivity contribution in [1.29, 1.82) is 0 Å². The van der Waals surface area contributed by atoms with Gasteiger partial charge < -0.3 is 15.2 Å². The first-order valence-corrected chi connectivity index (χ1v) is 5.80. The fraction of sp³-hybridized carbons (Fsp3) is 0.462. The van der Waals surface area contributed by atoms with Gasteiger partial charge in [-0.05, 0) is 12.0 Å². The van der Waals surface area contributed by atoms with Crippen LogP contribution in [0.5, 0.6) is 11.5 Å². The molecule has 0 atom stereocenters. The van der Waals surface area contributed by atoms with Crippen LogP contribution in [-0.4, -0.2) is 19.0 Å². The molecule has 1 aliphatic heterocycles. The smallest absolute Gasteiger partial charge is 0.165 e. The van der Waals surface area contributed by atoms with E-state index < -0.39 is 0 Å². The zero-order valence-electron chi connectivity index (χ0n) is 10.2. The zero-order chi connectivity index (χ0) is 12.4. The average Bonchev–Trinajstić information content (AvgIpc) is 2.27. The summed E-state index contributed by atoms with van der Waals surface area (Å²) in [6, 6.07) is 3.36. The van der Waals surface area contributed by atoms with Crippen molar-refractivity contribution in [2.75, 3.05) is 18.9 Å². The number of fused-ring (bicyclic) bond motifs is 1. The average molecular weight is 235 g/mol. The molecular formula is C13H17NO3. The molecule has 0 saturated heterocycles. The predicted molar refractivity (Wildman–Crippen MR) is 65.6 cm³/mol. The number of ketones is 1. The Hall–Kier alpha value is -1.71. The highest BCUT2D eigenvalue weighted by atomic mass is 16.6. The van der Waals surface area contributed by atoms with E-state index in [1.165, 1.54) is 0 Å². The van der Waals surface area contributed by atoms with E-state index in [4.69, 9.17) is 15.2 Å². The van der Waals surface area contributed by atoms with Crippen molar-refractivity contribution in [3.8, 4) is 11.5 Å². The summed E-state index contributed by atoms with van der Waals surface area (Å²) < 4.78 is 10.8. The molecule has 0 saturated carbocycles. The predicted octanol–water partition coefficient (Wildman–Crippen LogP) is 2.27. The van der Waals surface area contributed by atoms with Crippen LogP contribution in [0.25, 0.3) is 0 Å². The largest absolute Gasteiger partial charge is 0.486 e. The van der Waals surface area contributed by atoms with Gasteiger partial charge in [-0.1, -0.05) is 13.8 Å². The molecule has 0 unspecified atom stereocenters. The molecule has 4 heteroatoms. The highest BCUT2D eigenvalue weighted by molar-refractivity contribution is 6.01. The summed E-state index contributed by atoms with van der Waals surface area (Å²) >= 11 is 0. The van der Waals surface area contributed by atoms with Crippen LogP contribution < -0.4 is 15.2 Å². The van der Waals surface area contributed by atoms with Crippen molar-refractivity contribution in [2.45, 2.75) is 20.3 Å². The van der Waals surface area contributed by atoms with Gasteiger partial charge in [-0.15, -0.1) is 0 Å². The minimum atomic E-state index is 0.0504. The van der Waals surface area contributed by atoms with Crippen molar-refractivity contribution in [3.63, 3.8) is 0 Å². The van der Waals surface area contributed by atoms with Gasteiger partial charge in [0, 0.05) is 23.7 Å². The number of carbonyl (C=O) groups is 1. The molecule has 0 aromatic heterocycles. The lowest BCUT2D eigenvalue weighted by molar-refractivity contribution is 0.0967. The molecule has 17 heavy (non-hydrogen) atoms. The zero-order valence-corrected chi connectivity index (χ0v) is 10.2. The summed E-state index contributed by atoms with van der Waals surface area (Å²) in [7, 11) is 0. The van der Waals surface area contributed by atoms with Gasteiger partial charge in [0.25, 0.3) is 0 Å². The monoisotopic (exact) mass is 235 g/mol. The van der Waals surface area contributed by atoms with Crippen LogP contribution in [0, 0.1) is 5.92 Å². The fourth-order valence-corrected chi connectivity index (χ4v) is 1.83. The summed E-state index contributed by atoms with van der Waals surface area (Å²) in [4.78, 5) is 12.0. The number of nitrogens with two attached hydrogens (primary N) is 1. The molecule has 92 valence electrons. The van der Waals surface area contributed by atoms with Crippen molar-refractivity contribution < 1.29 is 14.3 Å². The summed E-state index contributed by atoms with van der Waals surface area (Å²) in [6.07, 6.45) is 0.490. The molecule has 0 amide bonds. The van der Waals surface area contributed by atoms with E-state index in [1.807, 2.05) is 13.8 Å². The molecule has 1 aromatic carbocycles. The SMILES string of the molecule is CC(C)CC(=O)c1cc2c(cc1N)OCCO2. The summed E-state index contributed by atoms with van der Waals surface area (Å²) in [5.41, 5.74) is 6.85. The number of hydrogen-bond donors (Lipinski definition) is 1. The van der Waals surface area contributed by atoms with E-state index in [1.54, 1.807) is 12.1 Å². The lowest BCUT2D eigenvalue weighted by atomic mass is 9.99. The Labute approximate surface area is 101 Å². The van der Waals surface area contributed by atoms with Gasteiger partial charge in [-0.3, -0.25) is 4.79 Å². The molecule has 0 fully saturated rings. The van der Waals surface area contributed by atoms with Crippen LogP contribution in [0.15, 0.2) is 12.1 Å². The third kappa shape index (κ3) is 2.52. The fourth-order valence-electron chi connectivity index (χ4n) is 1.83.